The maximum atomic E-state index is 5.95. The van der Waals surface area contributed by atoms with Crippen LogP contribution in [0.25, 0.3) is 0 Å². The number of benzene rings is 1. The van der Waals surface area contributed by atoms with Crippen molar-refractivity contribution in [1.29, 1.82) is 0 Å². The number of nitrogens with one attached hydrogen (secondary N) is 2. The summed E-state index contributed by atoms with van der Waals surface area (Å²) in [5, 5.41) is 6.84. The molecule has 0 aromatic heterocycles. The number of nitrogens with zero attached hydrogens (tertiary/aromatic N) is 2. The van der Waals surface area contributed by atoms with Gasteiger partial charge in [-0.25, -0.2) is 0 Å². The molecule has 2 rings (SSSR count). The Hall–Kier alpha value is -1.79. The minimum Gasteiger partial charge on any atom is -0.493 e. The molecule has 1 unspecified atom stereocenters. The van der Waals surface area contributed by atoms with Gasteiger partial charge in [0.1, 0.15) is 5.75 Å². The van der Waals surface area contributed by atoms with E-state index in [1.165, 1.54) is 24.9 Å². The number of likely N-dealkylation sites (N-methyl/N-ethyl adjacent to an activating group) is 1. The van der Waals surface area contributed by atoms with Crippen molar-refractivity contribution in [3.8, 4) is 5.75 Å². The van der Waals surface area contributed by atoms with Gasteiger partial charge in [-0.1, -0.05) is 12.1 Å². The van der Waals surface area contributed by atoms with Crippen LogP contribution in [0.3, 0.4) is 0 Å². The van der Waals surface area contributed by atoms with Crippen LogP contribution in [0, 0.1) is 6.92 Å². The fourth-order valence-corrected chi connectivity index (χ4v) is 3.18. The lowest BCUT2D eigenvalue weighted by Gasteiger charge is -2.21. The Bertz CT molecular complexity index is 577. The van der Waals surface area contributed by atoms with Crippen LogP contribution in [0.5, 0.6) is 5.75 Å². The highest BCUT2D eigenvalue weighted by Crippen LogP contribution is 2.20. The fourth-order valence-electron chi connectivity index (χ4n) is 3.18. The van der Waals surface area contributed by atoms with E-state index in [1.54, 1.807) is 7.11 Å². The van der Waals surface area contributed by atoms with Crippen LogP contribution in [0.2, 0.25) is 0 Å². The average Bonchev–Trinajstić information content (AvgIpc) is 3.05. The molecule has 1 saturated heterocycles. The zero-order valence-corrected chi connectivity index (χ0v) is 16.7. The molecule has 2 N–H and O–H groups in total. The number of aryl methyl sites for hydroxylation is 1. The van der Waals surface area contributed by atoms with Crippen molar-refractivity contribution in [2.75, 3.05) is 47.5 Å². The SMILES string of the molecule is CN=C(NCc1ccc(C)cc1OCCCOC)NCC1CCCN1C. The minimum absolute atomic E-state index is 0.590. The summed E-state index contributed by atoms with van der Waals surface area (Å²) in [5.41, 5.74) is 2.33. The molecule has 0 spiro atoms. The number of hydrogen-bond acceptors (Lipinski definition) is 4. The number of rotatable bonds is 9. The van der Waals surface area contributed by atoms with Gasteiger partial charge in [-0.15, -0.1) is 0 Å². The van der Waals surface area contributed by atoms with Crippen molar-refractivity contribution in [2.24, 2.45) is 4.99 Å². The number of ether oxygens (including phenoxy) is 2. The molecule has 0 radical (unpaired) electrons. The molecule has 1 heterocycles. The number of guanidine groups is 1. The van der Waals surface area contributed by atoms with Gasteiger partial charge in [-0.3, -0.25) is 4.99 Å². The Labute approximate surface area is 158 Å². The molecule has 0 bridgehead atoms. The first-order chi connectivity index (χ1) is 12.6. The van der Waals surface area contributed by atoms with E-state index in [0.29, 0.717) is 25.8 Å². The topological polar surface area (TPSA) is 58.1 Å². The first-order valence-corrected chi connectivity index (χ1v) is 9.50. The summed E-state index contributed by atoms with van der Waals surface area (Å²) >= 11 is 0. The van der Waals surface area contributed by atoms with Gasteiger partial charge in [-0.2, -0.15) is 0 Å². The van der Waals surface area contributed by atoms with Crippen LogP contribution in [-0.2, 0) is 11.3 Å². The van der Waals surface area contributed by atoms with Gasteiger partial charge in [0.05, 0.1) is 6.61 Å². The molecule has 6 nitrogen and oxygen atoms in total. The zero-order chi connectivity index (χ0) is 18.8. The highest BCUT2D eigenvalue weighted by molar-refractivity contribution is 5.79. The second-order valence-corrected chi connectivity index (χ2v) is 6.89. The highest BCUT2D eigenvalue weighted by Gasteiger charge is 2.20. The molecular weight excluding hydrogens is 328 g/mol. The van der Waals surface area contributed by atoms with Crippen LogP contribution in [0.4, 0.5) is 0 Å². The van der Waals surface area contributed by atoms with Gasteiger partial charge in [0.2, 0.25) is 0 Å². The van der Waals surface area contributed by atoms with E-state index < -0.39 is 0 Å². The number of likely N-dealkylation sites (tertiary alicyclic amines) is 1. The first kappa shape index (κ1) is 20.5. The number of aliphatic imine (C=N–C) groups is 1. The minimum atomic E-state index is 0.590. The number of methoxy groups -OCH3 is 1. The monoisotopic (exact) mass is 362 g/mol. The zero-order valence-electron chi connectivity index (χ0n) is 16.7. The van der Waals surface area contributed by atoms with Crippen molar-refractivity contribution in [3.63, 3.8) is 0 Å². The molecule has 1 aliphatic heterocycles. The third-order valence-corrected chi connectivity index (χ3v) is 4.82. The summed E-state index contributed by atoms with van der Waals surface area (Å²) < 4.78 is 11.0. The fraction of sp³-hybridized carbons (Fsp3) is 0.650. The second-order valence-electron chi connectivity index (χ2n) is 6.89. The molecule has 6 heteroatoms. The predicted molar refractivity (Wildman–Crippen MR) is 107 cm³/mol. The Morgan fingerprint density at radius 2 is 2.15 bits per heavy atom. The molecular formula is C20H34N4O2. The lowest BCUT2D eigenvalue weighted by Crippen LogP contribution is -2.43. The van der Waals surface area contributed by atoms with Gasteiger partial charge >= 0.3 is 0 Å². The summed E-state index contributed by atoms with van der Waals surface area (Å²) in [7, 11) is 5.71. The molecule has 146 valence electrons. The molecule has 26 heavy (non-hydrogen) atoms. The molecule has 1 atom stereocenters. The lowest BCUT2D eigenvalue weighted by molar-refractivity contribution is 0.171. The molecule has 0 aliphatic carbocycles. The average molecular weight is 363 g/mol. The van der Waals surface area contributed by atoms with Crippen LogP contribution in [0.1, 0.15) is 30.4 Å². The van der Waals surface area contributed by atoms with E-state index >= 15 is 0 Å². The van der Waals surface area contributed by atoms with E-state index in [4.69, 9.17) is 9.47 Å². The normalized spacial score (nSPS) is 18.2. The molecule has 1 fully saturated rings. The smallest absolute Gasteiger partial charge is 0.191 e. The summed E-state index contributed by atoms with van der Waals surface area (Å²) in [4.78, 5) is 6.75. The Morgan fingerprint density at radius 3 is 2.85 bits per heavy atom. The Kier molecular flexibility index (Phi) is 8.71. The first-order valence-electron chi connectivity index (χ1n) is 9.50. The van der Waals surface area contributed by atoms with E-state index in [9.17, 15) is 0 Å². The quantitative estimate of drug-likeness (QED) is 0.401. The maximum absolute atomic E-state index is 5.95. The van der Waals surface area contributed by atoms with Gasteiger partial charge < -0.3 is 25.0 Å². The van der Waals surface area contributed by atoms with Gasteiger partial charge in [0, 0.05) is 51.9 Å². The predicted octanol–water partition coefficient (Wildman–Crippen LogP) is 2.17. The van der Waals surface area contributed by atoms with Gasteiger partial charge in [-0.05, 0) is 45.0 Å². The van der Waals surface area contributed by atoms with Gasteiger partial charge in [0.25, 0.3) is 0 Å². The lowest BCUT2D eigenvalue weighted by atomic mass is 10.1. The Balaban J connectivity index is 1.85. The third kappa shape index (κ3) is 6.50. The van der Waals surface area contributed by atoms with Crippen molar-refractivity contribution in [1.82, 2.24) is 15.5 Å². The third-order valence-electron chi connectivity index (χ3n) is 4.82. The maximum Gasteiger partial charge on any atom is 0.191 e. The van der Waals surface area contributed by atoms with Crippen LogP contribution in [0.15, 0.2) is 23.2 Å². The Morgan fingerprint density at radius 1 is 1.31 bits per heavy atom. The highest BCUT2D eigenvalue weighted by atomic mass is 16.5. The van der Waals surface area contributed by atoms with Crippen molar-refractivity contribution < 1.29 is 9.47 Å². The van der Waals surface area contributed by atoms with Crippen molar-refractivity contribution in [2.45, 2.75) is 38.8 Å². The van der Waals surface area contributed by atoms with Crippen LogP contribution >= 0.6 is 0 Å². The molecule has 1 aromatic carbocycles. The van der Waals surface area contributed by atoms with E-state index in [2.05, 4.69) is 52.7 Å². The molecule has 0 saturated carbocycles. The summed E-state index contributed by atoms with van der Waals surface area (Å²) in [5.74, 6) is 1.76. The largest absolute Gasteiger partial charge is 0.493 e. The molecule has 0 amide bonds. The van der Waals surface area contributed by atoms with Crippen molar-refractivity contribution >= 4 is 5.96 Å². The van der Waals surface area contributed by atoms with Crippen LogP contribution in [-0.4, -0.2) is 64.4 Å². The number of hydrogen-bond donors (Lipinski definition) is 2. The molecule has 1 aromatic rings. The summed E-state index contributed by atoms with van der Waals surface area (Å²) in [6.45, 7) is 6.24. The molecule has 1 aliphatic rings. The van der Waals surface area contributed by atoms with E-state index in [0.717, 1.165) is 30.2 Å². The summed E-state index contributed by atoms with van der Waals surface area (Å²) in [6, 6.07) is 6.91. The standard InChI is InChI=1S/C20H34N4O2/c1-16-8-9-17(19(13-16)26-12-6-11-25-4)14-22-20(21-2)23-15-18-7-5-10-24(18)3/h8-9,13,18H,5-7,10-12,14-15H2,1-4H3,(H2,21,22,23). The van der Waals surface area contributed by atoms with Crippen molar-refractivity contribution in [3.05, 3.63) is 29.3 Å². The van der Waals surface area contributed by atoms with Crippen LogP contribution < -0.4 is 15.4 Å². The van der Waals surface area contributed by atoms with E-state index in [1.807, 2.05) is 7.05 Å². The van der Waals surface area contributed by atoms with E-state index in [-0.39, 0.29) is 0 Å². The summed E-state index contributed by atoms with van der Waals surface area (Å²) in [6.07, 6.45) is 3.41. The second kappa shape index (κ2) is 11.0. The van der Waals surface area contributed by atoms with Gasteiger partial charge in [0.15, 0.2) is 5.96 Å².